The lowest BCUT2D eigenvalue weighted by molar-refractivity contribution is 0.482. The maximum absolute atomic E-state index is 14.5. The first-order valence-electron chi connectivity index (χ1n) is 8.29. The standard InChI is InChI=1S/C19H28FN/c1-4-10-21-18(13-16-8-6-5-7-9-16)19-15(3)11-14(2)12-17(19)20/h8,11-12,18,21H,4-7,9-10,13H2,1-3H3. The molecule has 0 spiro atoms. The Morgan fingerprint density at radius 1 is 1.24 bits per heavy atom. The van der Waals surface area contributed by atoms with Gasteiger partial charge in [0.2, 0.25) is 0 Å². The van der Waals surface area contributed by atoms with E-state index in [2.05, 4.69) is 24.4 Å². The second-order valence-electron chi connectivity index (χ2n) is 6.30. The fraction of sp³-hybridized carbons (Fsp3) is 0.579. The van der Waals surface area contributed by atoms with E-state index >= 15 is 0 Å². The van der Waals surface area contributed by atoms with Crippen LogP contribution in [0.2, 0.25) is 0 Å². The summed E-state index contributed by atoms with van der Waals surface area (Å²) in [6.07, 6.45) is 9.33. The second-order valence-corrected chi connectivity index (χ2v) is 6.30. The molecular formula is C19H28FN. The minimum Gasteiger partial charge on any atom is -0.310 e. The van der Waals surface area contributed by atoms with Gasteiger partial charge in [0.1, 0.15) is 5.82 Å². The SMILES string of the molecule is CCCNC(CC1=CCCCC1)c1c(C)cc(C)cc1F. The summed E-state index contributed by atoms with van der Waals surface area (Å²) < 4.78 is 14.5. The lowest BCUT2D eigenvalue weighted by atomic mass is 9.89. The van der Waals surface area contributed by atoms with Gasteiger partial charge in [0.05, 0.1) is 0 Å². The van der Waals surface area contributed by atoms with Crippen LogP contribution in [0.25, 0.3) is 0 Å². The van der Waals surface area contributed by atoms with Crippen molar-refractivity contribution < 1.29 is 4.39 Å². The Morgan fingerprint density at radius 2 is 2.05 bits per heavy atom. The first-order valence-corrected chi connectivity index (χ1v) is 8.29. The van der Waals surface area contributed by atoms with Gasteiger partial charge in [-0.15, -0.1) is 0 Å². The van der Waals surface area contributed by atoms with Crippen LogP contribution in [0.1, 0.15) is 68.2 Å². The zero-order valence-corrected chi connectivity index (χ0v) is 13.6. The molecule has 2 rings (SSSR count). The van der Waals surface area contributed by atoms with Gasteiger partial charge in [-0.1, -0.05) is 24.6 Å². The minimum atomic E-state index is -0.0579. The van der Waals surface area contributed by atoms with Crippen LogP contribution in [0, 0.1) is 19.7 Å². The van der Waals surface area contributed by atoms with Crippen molar-refractivity contribution in [1.29, 1.82) is 0 Å². The molecule has 0 fully saturated rings. The molecule has 1 nitrogen and oxygen atoms in total. The highest BCUT2D eigenvalue weighted by Gasteiger charge is 2.20. The second kappa shape index (κ2) is 7.74. The van der Waals surface area contributed by atoms with Crippen LogP contribution in [0.5, 0.6) is 0 Å². The van der Waals surface area contributed by atoms with E-state index < -0.39 is 0 Å². The molecule has 0 saturated heterocycles. The fourth-order valence-corrected chi connectivity index (χ4v) is 3.32. The molecule has 2 heteroatoms. The van der Waals surface area contributed by atoms with E-state index in [-0.39, 0.29) is 11.9 Å². The molecule has 0 aromatic heterocycles. The lowest BCUT2D eigenvalue weighted by Crippen LogP contribution is -2.25. The Hall–Kier alpha value is -1.15. The molecule has 0 radical (unpaired) electrons. The average molecular weight is 289 g/mol. The summed E-state index contributed by atoms with van der Waals surface area (Å²) >= 11 is 0. The van der Waals surface area contributed by atoms with Gasteiger partial charge in [-0.25, -0.2) is 4.39 Å². The predicted molar refractivity (Wildman–Crippen MR) is 88.1 cm³/mol. The molecule has 1 unspecified atom stereocenters. The Balaban J connectivity index is 2.24. The van der Waals surface area contributed by atoms with Crippen molar-refractivity contribution in [3.05, 3.63) is 46.3 Å². The summed E-state index contributed by atoms with van der Waals surface area (Å²) in [7, 11) is 0. The number of allylic oxidation sites excluding steroid dienone is 1. The molecule has 1 N–H and O–H groups in total. The number of hydrogen-bond donors (Lipinski definition) is 1. The summed E-state index contributed by atoms with van der Waals surface area (Å²) in [5, 5.41) is 3.55. The van der Waals surface area contributed by atoms with E-state index in [1.165, 1.54) is 31.3 Å². The maximum Gasteiger partial charge on any atom is 0.128 e. The van der Waals surface area contributed by atoms with E-state index in [1.807, 2.05) is 13.8 Å². The summed E-state index contributed by atoms with van der Waals surface area (Å²) in [6.45, 7) is 7.08. The quantitative estimate of drug-likeness (QED) is 0.694. The summed E-state index contributed by atoms with van der Waals surface area (Å²) in [4.78, 5) is 0. The van der Waals surface area contributed by atoms with Gasteiger partial charge >= 0.3 is 0 Å². The topological polar surface area (TPSA) is 12.0 Å². The van der Waals surface area contributed by atoms with E-state index in [4.69, 9.17) is 0 Å². The number of nitrogens with one attached hydrogen (secondary N) is 1. The molecule has 1 aliphatic carbocycles. The predicted octanol–water partition coefficient (Wildman–Crippen LogP) is 5.37. The van der Waals surface area contributed by atoms with E-state index in [0.29, 0.717) is 0 Å². The fourth-order valence-electron chi connectivity index (χ4n) is 3.32. The van der Waals surface area contributed by atoms with Gasteiger partial charge in [-0.05, 0) is 76.1 Å². The van der Waals surface area contributed by atoms with Gasteiger partial charge in [0.15, 0.2) is 0 Å². The average Bonchev–Trinajstić information content (AvgIpc) is 2.44. The van der Waals surface area contributed by atoms with Crippen LogP contribution in [0.15, 0.2) is 23.8 Å². The highest BCUT2D eigenvalue weighted by molar-refractivity contribution is 5.35. The zero-order valence-electron chi connectivity index (χ0n) is 13.6. The number of hydrogen-bond acceptors (Lipinski definition) is 1. The van der Waals surface area contributed by atoms with Crippen molar-refractivity contribution in [2.24, 2.45) is 0 Å². The van der Waals surface area contributed by atoms with Gasteiger partial charge in [0, 0.05) is 11.6 Å². The maximum atomic E-state index is 14.5. The Kier molecular flexibility index (Phi) is 5.98. The van der Waals surface area contributed by atoms with E-state index in [1.54, 1.807) is 6.07 Å². The molecule has 0 amide bonds. The van der Waals surface area contributed by atoms with Crippen LogP contribution in [-0.4, -0.2) is 6.54 Å². The molecule has 116 valence electrons. The van der Waals surface area contributed by atoms with Crippen molar-refractivity contribution >= 4 is 0 Å². The van der Waals surface area contributed by atoms with E-state index in [9.17, 15) is 4.39 Å². The number of aryl methyl sites for hydroxylation is 2. The molecule has 1 atom stereocenters. The number of halogens is 1. The van der Waals surface area contributed by atoms with Crippen LogP contribution in [-0.2, 0) is 0 Å². The summed E-state index contributed by atoms with van der Waals surface area (Å²) in [5.74, 6) is -0.0579. The van der Waals surface area contributed by atoms with Crippen LogP contribution >= 0.6 is 0 Å². The smallest absolute Gasteiger partial charge is 0.128 e. The van der Waals surface area contributed by atoms with Crippen molar-refractivity contribution in [2.45, 2.75) is 65.3 Å². The summed E-state index contributed by atoms with van der Waals surface area (Å²) in [5.41, 5.74) is 4.42. The third-order valence-electron chi connectivity index (χ3n) is 4.32. The van der Waals surface area contributed by atoms with Crippen molar-refractivity contribution in [2.75, 3.05) is 6.54 Å². The normalized spacial score (nSPS) is 16.7. The largest absolute Gasteiger partial charge is 0.310 e. The third kappa shape index (κ3) is 4.41. The van der Waals surface area contributed by atoms with Crippen LogP contribution in [0.3, 0.4) is 0 Å². The van der Waals surface area contributed by atoms with Crippen LogP contribution in [0.4, 0.5) is 4.39 Å². The molecule has 0 aliphatic heterocycles. The molecule has 1 aromatic rings. The first kappa shape index (κ1) is 16.2. The van der Waals surface area contributed by atoms with Crippen LogP contribution < -0.4 is 5.32 Å². The minimum absolute atomic E-state index is 0.0579. The summed E-state index contributed by atoms with van der Waals surface area (Å²) in [6, 6.07) is 3.86. The van der Waals surface area contributed by atoms with Crippen molar-refractivity contribution in [1.82, 2.24) is 5.32 Å². The molecule has 0 bridgehead atoms. The Bertz CT molecular complexity index is 481. The molecule has 1 aliphatic rings. The van der Waals surface area contributed by atoms with Crippen molar-refractivity contribution in [3.63, 3.8) is 0 Å². The van der Waals surface area contributed by atoms with Gasteiger partial charge in [-0.3, -0.25) is 0 Å². The van der Waals surface area contributed by atoms with Gasteiger partial charge < -0.3 is 5.32 Å². The number of benzene rings is 1. The lowest BCUT2D eigenvalue weighted by Gasteiger charge is -2.24. The highest BCUT2D eigenvalue weighted by atomic mass is 19.1. The Labute approximate surface area is 128 Å². The monoisotopic (exact) mass is 289 g/mol. The highest BCUT2D eigenvalue weighted by Crippen LogP contribution is 2.31. The van der Waals surface area contributed by atoms with Gasteiger partial charge in [0.25, 0.3) is 0 Å². The molecule has 1 aromatic carbocycles. The van der Waals surface area contributed by atoms with Gasteiger partial charge in [-0.2, -0.15) is 0 Å². The number of rotatable bonds is 6. The van der Waals surface area contributed by atoms with E-state index in [0.717, 1.165) is 36.1 Å². The first-order chi connectivity index (χ1) is 10.1. The van der Waals surface area contributed by atoms with Crippen molar-refractivity contribution in [3.8, 4) is 0 Å². The zero-order chi connectivity index (χ0) is 15.2. The molecule has 0 heterocycles. The Morgan fingerprint density at radius 3 is 2.67 bits per heavy atom. The molecule has 21 heavy (non-hydrogen) atoms. The molecule has 0 saturated carbocycles. The molecular weight excluding hydrogens is 261 g/mol. The third-order valence-corrected chi connectivity index (χ3v) is 4.32.